The van der Waals surface area contributed by atoms with Gasteiger partial charge in [0.05, 0.1) is 4.90 Å². The zero-order chi connectivity index (χ0) is 15.5. The third-order valence-electron chi connectivity index (χ3n) is 3.41. The van der Waals surface area contributed by atoms with Gasteiger partial charge in [0.15, 0.2) is 0 Å². The molecule has 0 atom stereocenters. The molecule has 21 heavy (non-hydrogen) atoms. The van der Waals surface area contributed by atoms with Gasteiger partial charge < -0.3 is 5.32 Å². The number of rotatable bonds is 5. The molecule has 0 saturated carbocycles. The predicted molar refractivity (Wildman–Crippen MR) is 85.1 cm³/mol. The molecule has 0 radical (unpaired) electrons. The van der Waals surface area contributed by atoms with Gasteiger partial charge in [-0.2, -0.15) is 4.31 Å². The highest BCUT2D eigenvalue weighted by molar-refractivity contribution is 7.89. The lowest BCUT2D eigenvalue weighted by Crippen LogP contribution is -2.41. The number of nitrogens with one attached hydrogen (secondary N) is 1. The van der Waals surface area contributed by atoms with Crippen molar-refractivity contribution in [2.45, 2.75) is 31.3 Å². The van der Waals surface area contributed by atoms with Crippen molar-refractivity contribution in [3.8, 4) is 0 Å². The molecule has 1 N–H and O–H groups in total. The summed E-state index contributed by atoms with van der Waals surface area (Å²) in [5.41, 5.74) is 1.06. The predicted octanol–water partition coefficient (Wildman–Crippen LogP) is 0.938. The highest BCUT2D eigenvalue weighted by atomic mass is 32.2. The Bertz CT molecular complexity index is 587. The Hall–Kier alpha value is -0.760. The second-order valence-electron chi connectivity index (χ2n) is 5.43. The van der Waals surface area contributed by atoms with E-state index in [1.807, 2.05) is 12.1 Å². The molecule has 0 unspecified atom stereocenters. The molecule has 0 spiro atoms. The summed E-state index contributed by atoms with van der Waals surface area (Å²) in [6.07, 6.45) is 0. The molecule has 0 aromatic heterocycles. The Morgan fingerprint density at radius 3 is 2.29 bits per heavy atom. The van der Waals surface area contributed by atoms with E-state index in [0.717, 1.165) is 12.1 Å². The van der Waals surface area contributed by atoms with Crippen molar-refractivity contribution in [1.82, 2.24) is 9.62 Å². The van der Waals surface area contributed by atoms with Crippen molar-refractivity contribution in [3.63, 3.8) is 0 Å². The van der Waals surface area contributed by atoms with Gasteiger partial charge in [-0.05, 0) is 17.7 Å². The molecule has 7 heteroatoms. The first-order chi connectivity index (χ1) is 9.89. The van der Waals surface area contributed by atoms with Gasteiger partial charge in [0.2, 0.25) is 10.0 Å². The fourth-order valence-corrected chi connectivity index (χ4v) is 4.84. The molecule has 0 aliphatic carbocycles. The second-order valence-corrected chi connectivity index (χ2v) is 9.07. The quantitative estimate of drug-likeness (QED) is 0.872. The maximum absolute atomic E-state index is 12.5. The molecule has 1 heterocycles. The van der Waals surface area contributed by atoms with Gasteiger partial charge in [0.25, 0.3) is 0 Å². The van der Waals surface area contributed by atoms with E-state index in [9.17, 15) is 12.6 Å². The van der Waals surface area contributed by atoms with Gasteiger partial charge in [-0.1, -0.05) is 26.0 Å². The maximum Gasteiger partial charge on any atom is 0.243 e. The monoisotopic (exact) mass is 330 g/mol. The highest BCUT2D eigenvalue weighted by Gasteiger charge is 2.27. The van der Waals surface area contributed by atoms with Crippen LogP contribution in [0.4, 0.5) is 0 Å². The molecule has 1 aromatic carbocycles. The first-order valence-corrected chi connectivity index (χ1v) is 10.00. The van der Waals surface area contributed by atoms with Crippen molar-refractivity contribution in [2.75, 3.05) is 24.6 Å². The molecule has 1 saturated heterocycles. The van der Waals surface area contributed by atoms with Crippen LogP contribution in [0.5, 0.6) is 0 Å². The van der Waals surface area contributed by atoms with Gasteiger partial charge in [-0.15, -0.1) is 0 Å². The summed E-state index contributed by atoms with van der Waals surface area (Å²) in [5.74, 6) is 0.852. The van der Waals surface area contributed by atoms with Crippen LogP contribution in [-0.2, 0) is 27.4 Å². The molecule has 5 nitrogen and oxygen atoms in total. The van der Waals surface area contributed by atoms with E-state index in [1.54, 1.807) is 12.1 Å². The maximum atomic E-state index is 12.5. The molecule has 2 rings (SSSR count). The summed E-state index contributed by atoms with van der Waals surface area (Å²) in [7, 11) is -4.33. The van der Waals surface area contributed by atoms with Gasteiger partial charge in [-0.25, -0.2) is 8.42 Å². The minimum Gasteiger partial charge on any atom is -0.310 e. The van der Waals surface area contributed by atoms with Crippen LogP contribution in [0.15, 0.2) is 29.2 Å². The average Bonchev–Trinajstić information content (AvgIpc) is 2.46. The molecule has 0 bridgehead atoms. The van der Waals surface area contributed by atoms with Crippen LogP contribution in [0.2, 0.25) is 0 Å². The number of nitrogens with zero attached hydrogens (tertiary/aromatic N) is 1. The topological polar surface area (TPSA) is 66.5 Å². The Balaban J connectivity index is 2.08. The van der Waals surface area contributed by atoms with Crippen LogP contribution in [0.1, 0.15) is 19.4 Å². The Morgan fingerprint density at radius 2 is 1.76 bits per heavy atom. The fourth-order valence-electron chi connectivity index (χ4n) is 2.11. The van der Waals surface area contributed by atoms with Gasteiger partial charge in [0.1, 0.15) is 0 Å². The van der Waals surface area contributed by atoms with Crippen LogP contribution in [0, 0.1) is 0 Å². The van der Waals surface area contributed by atoms with Crippen molar-refractivity contribution < 1.29 is 12.6 Å². The zero-order valence-corrected chi connectivity index (χ0v) is 14.0. The summed E-state index contributed by atoms with van der Waals surface area (Å²) >= 11 is 0. The Kier molecular flexibility index (Phi) is 5.54. The molecule has 1 aliphatic rings. The molecular formula is C14H22N2O3S2. The smallest absolute Gasteiger partial charge is 0.243 e. The van der Waals surface area contributed by atoms with Crippen LogP contribution >= 0.6 is 0 Å². The summed E-state index contributed by atoms with van der Waals surface area (Å²) < 4.78 is 37.7. The van der Waals surface area contributed by atoms with E-state index in [0.29, 0.717) is 35.5 Å². The molecule has 1 aromatic rings. The molecule has 1 fully saturated rings. The van der Waals surface area contributed by atoms with Crippen molar-refractivity contribution >= 4 is 20.8 Å². The van der Waals surface area contributed by atoms with Gasteiger partial charge in [-0.3, -0.25) is 4.21 Å². The Labute approximate surface area is 129 Å². The number of benzene rings is 1. The van der Waals surface area contributed by atoms with Crippen LogP contribution in [-0.4, -0.2) is 47.6 Å². The van der Waals surface area contributed by atoms with Crippen LogP contribution < -0.4 is 5.32 Å². The van der Waals surface area contributed by atoms with Crippen molar-refractivity contribution in [1.29, 1.82) is 0 Å². The standard InChI is InChI=1S/C14H22N2O3S2/c1-12(2)15-11-13-3-5-14(6-4-13)21(18,19)16-7-9-20(17)10-8-16/h3-6,12,15H,7-11H2,1-2H3. The fraction of sp³-hybridized carbons (Fsp3) is 0.571. The van der Waals surface area contributed by atoms with Crippen molar-refractivity contribution in [2.24, 2.45) is 0 Å². The third kappa shape index (κ3) is 4.35. The lowest BCUT2D eigenvalue weighted by atomic mass is 10.2. The summed E-state index contributed by atoms with van der Waals surface area (Å²) in [5, 5.41) is 3.29. The van der Waals surface area contributed by atoms with E-state index in [4.69, 9.17) is 0 Å². The largest absolute Gasteiger partial charge is 0.310 e. The number of hydrogen-bond donors (Lipinski definition) is 1. The lowest BCUT2D eigenvalue weighted by Gasteiger charge is -2.25. The number of sulfonamides is 1. The number of hydrogen-bond acceptors (Lipinski definition) is 4. The van der Waals surface area contributed by atoms with Gasteiger partial charge >= 0.3 is 0 Å². The van der Waals surface area contributed by atoms with E-state index >= 15 is 0 Å². The minimum atomic E-state index is -3.46. The minimum absolute atomic E-state index is 0.309. The molecule has 1 aliphatic heterocycles. The summed E-state index contributed by atoms with van der Waals surface area (Å²) in [6, 6.07) is 7.37. The zero-order valence-electron chi connectivity index (χ0n) is 12.4. The lowest BCUT2D eigenvalue weighted by molar-refractivity contribution is 0.438. The van der Waals surface area contributed by atoms with Crippen molar-refractivity contribution in [3.05, 3.63) is 29.8 Å². The van der Waals surface area contributed by atoms with E-state index < -0.39 is 20.8 Å². The normalized spacial score (nSPS) is 18.2. The average molecular weight is 330 g/mol. The van der Waals surface area contributed by atoms with Gasteiger partial charge in [0, 0.05) is 48.0 Å². The van der Waals surface area contributed by atoms with E-state index in [-0.39, 0.29) is 0 Å². The summed E-state index contributed by atoms with van der Waals surface area (Å²) in [6.45, 7) is 5.54. The third-order valence-corrected chi connectivity index (χ3v) is 6.60. The summed E-state index contributed by atoms with van der Waals surface area (Å²) in [4.78, 5) is 0.309. The highest BCUT2D eigenvalue weighted by Crippen LogP contribution is 2.18. The van der Waals surface area contributed by atoms with Crippen LogP contribution in [0.3, 0.4) is 0 Å². The van der Waals surface area contributed by atoms with E-state index in [1.165, 1.54) is 4.31 Å². The van der Waals surface area contributed by atoms with E-state index in [2.05, 4.69) is 19.2 Å². The SMILES string of the molecule is CC(C)NCc1ccc(S(=O)(=O)N2CCS(=O)CC2)cc1. The molecule has 118 valence electrons. The van der Waals surface area contributed by atoms with Crippen LogP contribution in [0.25, 0.3) is 0 Å². The second kappa shape index (κ2) is 7.00. The molecular weight excluding hydrogens is 308 g/mol. The first-order valence-electron chi connectivity index (χ1n) is 7.07. The molecule has 0 amide bonds. The first kappa shape index (κ1) is 16.6. The Morgan fingerprint density at radius 1 is 1.19 bits per heavy atom.